The number of likely N-dealkylation sites (tertiary alicyclic amines) is 1. The van der Waals surface area contributed by atoms with Crippen LogP contribution < -0.4 is 0 Å². The Balaban J connectivity index is 1.36. The molecule has 4 rings (SSSR count). The molecule has 2 aromatic carbocycles. The number of esters is 1. The van der Waals surface area contributed by atoms with Gasteiger partial charge in [-0.15, -0.1) is 0 Å². The fraction of sp³-hybridized carbons (Fsp3) is 0.417. The predicted molar refractivity (Wildman–Crippen MR) is 108 cm³/mol. The zero-order valence-electron chi connectivity index (χ0n) is 16.7. The molecule has 0 N–H and O–H groups in total. The number of benzene rings is 2. The normalized spacial score (nSPS) is 23.3. The van der Waals surface area contributed by atoms with Crippen LogP contribution in [0.4, 0.5) is 4.39 Å². The Labute approximate surface area is 170 Å². The van der Waals surface area contributed by atoms with E-state index in [2.05, 4.69) is 23.1 Å². The van der Waals surface area contributed by atoms with E-state index < -0.39 is 0 Å². The lowest BCUT2D eigenvalue weighted by Gasteiger charge is -2.25. The fourth-order valence-electron chi connectivity index (χ4n) is 4.92. The number of halogens is 1. The van der Waals surface area contributed by atoms with Crippen molar-refractivity contribution in [2.24, 2.45) is 0 Å². The molecule has 5 heteroatoms. The highest BCUT2D eigenvalue weighted by atomic mass is 19.1. The van der Waals surface area contributed by atoms with E-state index >= 15 is 0 Å². The summed E-state index contributed by atoms with van der Waals surface area (Å²) in [6, 6.07) is 14.0. The van der Waals surface area contributed by atoms with Crippen LogP contribution in [0.2, 0.25) is 0 Å². The van der Waals surface area contributed by atoms with Crippen LogP contribution in [0.15, 0.2) is 48.5 Å². The Morgan fingerprint density at radius 2 is 1.93 bits per heavy atom. The first-order chi connectivity index (χ1) is 14.0. The lowest BCUT2D eigenvalue weighted by atomic mass is 9.81. The van der Waals surface area contributed by atoms with E-state index in [1.54, 1.807) is 12.1 Å². The van der Waals surface area contributed by atoms with Gasteiger partial charge >= 0.3 is 5.97 Å². The largest absolute Gasteiger partial charge is 0.458 e. The van der Waals surface area contributed by atoms with Crippen molar-refractivity contribution in [1.82, 2.24) is 4.90 Å². The van der Waals surface area contributed by atoms with Gasteiger partial charge in [-0.05, 0) is 67.7 Å². The van der Waals surface area contributed by atoms with Crippen molar-refractivity contribution in [2.45, 2.75) is 44.1 Å². The van der Waals surface area contributed by atoms with E-state index in [1.165, 1.54) is 24.6 Å². The second-order valence-electron chi connectivity index (χ2n) is 8.23. The van der Waals surface area contributed by atoms with Crippen molar-refractivity contribution >= 4 is 11.8 Å². The lowest BCUT2D eigenvalue weighted by Crippen LogP contribution is -2.30. The monoisotopic (exact) mass is 395 g/mol. The minimum Gasteiger partial charge on any atom is -0.458 e. The molecule has 152 valence electrons. The summed E-state index contributed by atoms with van der Waals surface area (Å²) in [5.41, 5.74) is 3.03. The average Bonchev–Trinajstić information content (AvgIpc) is 3.24. The Bertz CT molecular complexity index is 911. The SMILES string of the molecule is CC(=O)OC1CC2(CCN(CCCC(=O)c3ccc(F)cc3)C2)c2ccccc21. The van der Waals surface area contributed by atoms with Crippen molar-refractivity contribution in [3.8, 4) is 0 Å². The third-order valence-corrected chi connectivity index (χ3v) is 6.24. The Hall–Kier alpha value is -2.53. The van der Waals surface area contributed by atoms with Crippen LogP contribution in [0.1, 0.15) is 60.2 Å². The van der Waals surface area contributed by atoms with Crippen LogP contribution in [-0.2, 0) is 14.9 Å². The fourth-order valence-corrected chi connectivity index (χ4v) is 4.92. The van der Waals surface area contributed by atoms with Gasteiger partial charge in [-0.2, -0.15) is 0 Å². The van der Waals surface area contributed by atoms with Gasteiger partial charge in [0.1, 0.15) is 11.9 Å². The van der Waals surface area contributed by atoms with Gasteiger partial charge < -0.3 is 9.64 Å². The molecule has 4 nitrogen and oxygen atoms in total. The Kier molecular flexibility index (Phi) is 5.50. The van der Waals surface area contributed by atoms with Gasteiger partial charge in [0.05, 0.1) is 0 Å². The summed E-state index contributed by atoms with van der Waals surface area (Å²) in [4.78, 5) is 26.2. The molecule has 29 heavy (non-hydrogen) atoms. The van der Waals surface area contributed by atoms with Crippen molar-refractivity contribution in [3.63, 3.8) is 0 Å². The molecule has 0 amide bonds. The van der Waals surface area contributed by atoms with Crippen LogP contribution in [0.25, 0.3) is 0 Å². The number of Topliss-reactive ketones (excluding diaryl/α,β-unsaturated/α-hetero) is 1. The predicted octanol–water partition coefficient (Wildman–Crippen LogP) is 4.44. The molecule has 2 aromatic rings. The third-order valence-electron chi connectivity index (χ3n) is 6.24. The molecule has 1 spiro atoms. The molecule has 1 aliphatic carbocycles. The van der Waals surface area contributed by atoms with Crippen molar-refractivity contribution in [1.29, 1.82) is 0 Å². The van der Waals surface area contributed by atoms with Crippen molar-refractivity contribution in [2.75, 3.05) is 19.6 Å². The molecule has 2 atom stereocenters. The summed E-state index contributed by atoms with van der Waals surface area (Å²) in [6.07, 6.45) is 2.94. The average molecular weight is 395 g/mol. The minimum atomic E-state index is -0.326. The molecule has 1 aliphatic heterocycles. The number of carbonyl (C=O) groups is 2. The molecule has 0 aromatic heterocycles. The van der Waals surface area contributed by atoms with Crippen LogP contribution in [-0.4, -0.2) is 36.3 Å². The molecular formula is C24H26FNO3. The number of fused-ring (bicyclic) bond motifs is 2. The summed E-state index contributed by atoms with van der Waals surface area (Å²) >= 11 is 0. The Morgan fingerprint density at radius 1 is 1.17 bits per heavy atom. The number of ketones is 1. The summed E-state index contributed by atoms with van der Waals surface area (Å²) in [6.45, 7) is 4.22. The number of hydrogen-bond acceptors (Lipinski definition) is 4. The van der Waals surface area contributed by atoms with Crippen LogP contribution >= 0.6 is 0 Å². The lowest BCUT2D eigenvalue weighted by molar-refractivity contribution is -0.147. The topological polar surface area (TPSA) is 46.6 Å². The highest BCUT2D eigenvalue weighted by Crippen LogP contribution is 2.51. The molecule has 1 heterocycles. The second kappa shape index (κ2) is 8.07. The summed E-state index contributed by atoms with van der Waals surface area (Å²) in [5.74, 6) is -0.510. The summed E-state index contributed by atoms with van der Waals surface area (Å²) in [7, 11) is 0. The van der Waals surface area contributed by atoms with E-state index in [4.69, 9.17) is 4.74 Å². The van der Waals surface area contributed by atoms with Gasteiger partial charge in [-0.3, -0.25) is 9.59 Å². The quantitative estimate of drug-likeness (QED) is 0.536. The molecule has 1 saturated heterocycles. The first-order valence-electron chi connectivity index (χ1n) is 10.2. The van der Waals surface area contributed by atoms with Gasteiger partial charge in [0, 0.05) is 30.9 Å². The highest BCUT2D eigenvalue weighted by Gasteiger charge is 2.48. The van der Waals surface area contributed by atoms with Gasteiger partial charge in [0.25, 0.3) is 0 Å². The highest BCUT2D eigenvalue weighted by molar-refractivity contribution is 5.95. The number of ether oxygens (including phenoxy) is 1. The molecular weight excluding hydrogens is 369 g/mol. The first kappa shape index (κ1) is 19.8. The van der Waals surface area contributed by atoms with E-state index in [1.807, 2.05) is 6.07 Å². The van der Waals surface area contributed by atoms with Gasteiger partial charge in [-0.25, -0.2) is 4.39 Å². The van der Waals surface area contributed by atoms with Gasteiger partial charge in [0.2, 0.25) is 0 Å². The smallest absolute Gasteiger partial charge is 0.303 e. The van der Waals surface area contributed by atoms with Crippen LogP contribution in [0.3, 0.4) is 0 Å². The molecule has 0 radical (unpaired) electrons. The zero-order chi connectivity index (χ0) is 20.4. The van der Waals surface area contributed by atoms with Crippen molar-refractivity contribution < 1.29 is 18.7 Å². The number of rotatable bonds is 6. The molecule has 0 bridgehead atoms. The van der Waals surface area contributed by atoms with E-state index in [0.29, 0.717) is 12.0 Å². The Morgan fingerprint density at radius 3 is 2.69 bits per heavy atom. The van der Waals surface area contributed by atoms with Crippen LogP contribution in [0, 0.1) is 5.82 Å². The molecule has 1 fully saturated rings. The zero-order valence-corrected chi connectivity index (χ0v) is 16.7. The summed E-state index contributed by atoms with van der Waals surface area (Å²) in [5, 5.41) is 0. The first-order valence-corrected chi connectivity index (χ1v) is 10.2. The second-order valence-corrected chi connectivity index (χ2v) is 8.23. The van der Waals surface area contributed by atoms with Gasteiger partial charge in [0.15, 0.2) is 5.78 Å². The number of hydrogen-bond donors (Lipinski definition) is 0. The summed E-state index contributed by atoms with van der Waals surface area (Å²) < 4.78 is 18.6. The maximum absolute atomic E-state index is 13.0. The maximum Gasteiger partial charge on any atom is 0.303 e. The van der Waals surface area contributed by atoms with Gasteiger partial charge in [-0.1, -0.05) is 24.3 Å². The number of nitrogens with zero attached hydrogens (tertiary/aromatic N) is 1. The van der Waals surface area contributed by atoms with E-state index in [-0.39, 0.29) is 29.1 Å². The number of carbonyl (C=O) groups excluding carboxylic acids is 2. The van der Waals surface area contributed by atoms with E-state index in [9.17, 15) is 14.0 Å². The standard InChI is InChI=1S/C24H26FNO3/c1-17(27)29-23-15-24(21-6-3-2-5-20(21)23)12-14-26(16-24)13-4-7-22(28)18-8-10-19(25)11-9-18/h2-3,5-6,8-11,23H,4,7,12-16H2,1H3. The van der Waals surface area contributed by atoms with Crippen molar-refractivity contribution in [3.05, 3.63) is 71.0 Å². The minimum absolute atomic E-state index is 0.0255. The van der Waals surface area contributed by atoms with Crippen LogP contribution in [0.5, 0.6) is 0 Å². The molecule has 0 saturated carbocycles. The molecule has 2 aliphatic rings. The molecule has 2 unspecified atom stereocenters. The maximum atomic E-state index is 13.0. The third kappa shape index (κ3) is 4.10. The van der Waals surface area contributed by atoms with E-state index in [0.717, 1.165) is 44.5 Å².